The Morgan fingerprint density at radius 2 is 2.53 bits per heavy atom. The molecule has 1 aliphatic heterocycles. The molecule has 1 atom stereocenters. The van der Waals surface area contributed by atoms with Crippen molar-refractivity contribution >= 4 is 11.3 Å². The molecule has 2 heterocycles. The van der Waals surface area contributed by atoms with Crippen molar-refractivity contribution in [2.75, 3.05) is 20.1 Å². The molecule has 0 aromatic carbocycles. The molecule has 84 valence electrons. The molecule has 0 radical (unpaired) electrons. The fraction of sp³-hybridized carbons (Fsp3) is 0.727. The van der Waals surface area contributed by atoms with E-state index in [0.717, 1.165) is 13.0 Å². The Hall–Kier alpha value is -0.450. The van der Waals surface area contributed by atoms with Gasteiger partial charge in [-0.2, -0.15) is 0 Å². The zero-order chi connectivity index (χ0) is 10.7. The van der Waals surface area contributed by atoms with Gasteiger partial charge in [0.15, 0.2) is 0 Å². The van der Waals surface area contributed by atoms with E-state index in [9.17, 15) is 0 Å². The molecule has 0 amide bonds. The minimum atomic E-state index is 0.654. The topological polar surface area (TPSA) is 28.2 Å². The highest BCUT2D eigenvalue weighted by Crippen LogP contribution is 2.11. The summed E-state index contributed by atoms with van der Waals surface area (Å²) in [4.78, 5) is 6.92. The average Bonchev–Trinajstić information content (AvgIpc) is 2.83. The Kier molecular flexibility index (Phi) is 3.72. The molecular formula is C11H19N3S. The van der Waals surface area contributed by atoms with Crippen LogP contribution in [0.25, 0.3) is 0 Å². The van der Waals surface area contributed by atoms with Crippen LogP contribution in [-0.4, -0.2) is 36.1 Å². The van der Waals surface area contributed by atoms with E-state index in [1.54, 1.807) is 11.3 Å². The van der Waals surface area contributed by atoms with Crippen molar-refractivity contribution < 1.29 is 0 Å². The number of nitrogens with one attached hydrogen (secondary N) is 1. The Morgan fingerprint density at radius 1 is 1.67 bits per heavy atom. The minimum absolute atomic E-state index is 0.654. The second-order valence-corrected chi connectivity index (χ2v) is 5.16. The maximum absolute atomic E-state index is 4.55. The summed E-state index contributed by atoms with van der Waals surface area (Å²) in [6.45, 7) is 5.47. The Morgan fingerprint density at radius 3 is 3.13 bits per heavy atom. The van der Waals surface area contributed by atoms with Gasteiger partial charge in [0.1, 0.15) is 0 Å². The summed E-state index contributed by atoms with van der Waals surface area (Å²) < 4.78 is 0. The monoisotopic (exact) mass is 225 g/mol. The summed E-state index contributed by atoms with van der Waals surface area (Å²) in [6.07, 6.45) is 2.32. The highest BCUT2D eigenvalue weighted by molar-refractivity contribution is 7.09. The predicted octanol–water partition coefficient (Wildman–Crippen LogP) is 1.50. The van der Waals surface area contributed by atoms with Crippen molar-refractivity contribution in [1.82, 2.24) is 15.2 Å². The molecule has 1 saturated heterocycles. The molecule has 0 aliphatic carbocycles. The molecule has 1 unspecified atom stereocenters. The maximum Gasteiger partial charge on any atom is 0.0926 e. The van der Waals surface area contributed by atoms with Gasteiger partial charge in [-0.25, -0.2) is 4.98 Å². The van der Waals surface area contributed by atoms with E-state index >= 15 is 0 Å². The second-order valence-electron chi connectivity index (χ2n) is 4.21. The summed E-state index contributed by atoms with van der Waals surface area (Å²) in [5.74, 6) is 0. The lowest BCUT2D eigenvalue weighted by Crippen LogP contribution is -2.31. The third kappa shape index (κ3) is 3.00. The summed E-state index contributed by atoms with van der Waals surface area (Å²) in [5.41, 5.74) is 1.20. The van der Waals surface area contributed by atoms with Crippen LogP contribution in [0.1, 0.15) is 24.0 Å². The smallest absolute Gasteiger partial charge is 0.0926 e. The third-order valence-electron chi connectivity index (χ3n) is 2.86. The number of aromatic nitrogens is 1. The average molecular weight is 225 g/mol. The van der Waals surface area contributed by atoms with Gasteiger partial charge < -0.3 is 10.2 Å². The van der Waals surface area contributed by atoms with E-state index in [0.29, 0.717) is 6.04 Å². The van der Waals surface area contributed by atoms with E-state index in [2.05, 4.69) is 34.6 Å². The Balaban J connectivity index is 1.77. The summed E-state index contributed by atoms with van der Waals surface area (Å²) >= 11 is 1.77. The maximum atomic E-state index is 4.55. The molecule has 2 rings (SSSR count). The zero-order valence-electron chi connectivity index (χ0n) is 9.49. The molecule has 0 spiro atoms. The second kappa shape index (κ2) is 5.05. The van der Waals surface area contributed by atoms with E-state index < -0.39 is 0 Å². The number of likely N-dealkylation sites (N-methyl/N-ethyl adjacent to an activating group) is 1. The molecule has 1 aromatic rings. The molecule has 0 bridgehead atoms. The van der Waals surface area contributed by atoms with E-state index in [4.69, 9.17) is 0 Å². The Bertz CT molecular complexity index is 311. The standard InChI is InChI=1S/C11H19N3S/c1-3-11-13-10(8-15-11)6-12-9-4-5-14(2)7-9/h8-9,12H,3-7H2,1-2H3. The van der Waals surface area contributed by atoms with Crippen molar-refractivity contribution in [3.63, 3.8) is 0 Å². The molecule has 1 aromatic heterocycles. The van der Waals surface area contributed by atoms with Crippen LogP contribution in [0.5, 0.6) is 0 Å². The van der Waals surface area contributed by atoms with Crippen LogP contribution in [0.15, 0.2) is 5.38 Å². The van der Waals surface area contributed by atoms with Gasteiger partial charge in [0.25, 0.3) is 0 Å². The largest absolute Gasteiger partial charge is 0.307 e. The fourth-order valence-corrected chi connectivity index (χ4v) is 2.69. The number of thiazole rings is 1. The summed E-state index contributed by atoms with van der Waals surface area (Å²) in [6, 6.07) is 0.654. The highest BCUT2D eigenvalue weighted by atomic mass is 32.1. The van der Waals surface area contributed by atoms with Gasteiger partial charge in [0.05, 0.1) is 10.7 Å². The van der Waals surface area contributed by atoms with Crippen molar-refractivity contribution in [2.45, 2.75) is 32.4 Å². The van der Waals surface area contributed by atoms with Crippen molar-refractivity contribution in [2.24, 2.45) is 0 Å². The van der Waals surface area contributed by atoms with Gasteiger partial charge in [-0.3, -0.25) is 0 Å². The first kappa shape index (κ1) is 11.0. The van der Waals surface area contributed by atoms with Gasteiger partial charge in [-0.05, 0) is 26.4 Å². The van der Waals surface area contributed by atoms with Crippen LogP contribution < -0.4 is 5.32 Å². The van der Waals surface area contributed by atoms with Gasteiger partial charge >= 0.3 is 0 Å². The van der Waals surface area contributed by atoms with Crippen LogP contribution in [0, 0.1) is 0 Å². The number of hydrogen-bond acceptors (Lipinski definition) is 4. The van der Waals surface area contributed by atoms with Crippen LogP contribution >= 0.6 is 11.3 Å². The van der Waals surface area contributed by atoms with Crippen LogP contribution in [0.2, 0.25) is 0 Å². The van der Waals surface area contributed by atoms with E-state index in [1.807, 2.05) is 0 Å². The molecular weight excluding hydrogens is 206 g/mol. The minimum Gasteiger partial charge on any atom is -0.307 e. The summed E-state index contributed by atoms with van der Waals surface area (Å²) in [5, 5.41) is 6.99. The number of aryl methyl sites for hydroxylation is 1. The number of hydrogen-bond donors (Lipinski definition) is 1. The van der Waals surface area contributed by atoms with Crippen molar-refractivity contribution in [1.29, 1.82) is 0 Å². The molecule has 4 heteroatoms. The molecule has 15 heavy (non-hydrogen) atoms. The molecule has 1 N–H and O–H groups in total. The molecule has 3 nitrogen and oxygen atoms in total. The predicted molar refractivity (Wildman–Crippen MR) is 64.2 cm³/mol. The summed E-state index contributed by atoms with van der Waals surface area (Å²) in [7, 11) is 2.18. The van der Waals surface area contributed by atoms with Crippen molar-refractivity contribution in [3.05, 3.63) is 16.1 Å². The Labute approximate surface area is 95.5 Å². The van der Waals surface area contributed by atoms with Gasteiger partial charge in [0, 0.05) is 24.5 Å². The van der Waals surface area contributed by atoms with E-state index in [-0.39, 0.29) is 0 Å². The van der Waals surface area contributed by atoms with Crippen LogP contribution in [-0.2, 0) is 13.0 Å². The quantitative estimate of drug-likeness (QED) is 0.841. The molecule has 1 fully saturated rings. The molecule has 1 aliphatic rings. The van der Waals surface area contributed by atoms with Crippen molar-refractivity contribution in [3.8, 4) is 0 Å². The number of nitrogens with zero attached hydrogens (tertiary/aromatic N) is 2. The fourth-order valence-electron chi connectivity index (χ4n) is 1.94. The lowest BCUT2D eigenvalue weighted by Gasteiger charge is -2.11. The van der Waals surface area contributed by atoms with E-state index in [1.165, 1.54) is 30.2 Å². The lowest BCUT2D eigenvalue weighted by molar-refractivity contribution is 0.397. The normalized spacial score (nSPS) is 22.4. The number of likely N-dealkylation sites (tertiary alicyclic amines) is 1. The first-order valence-electron chi connectivity index (χ1n) is 5.63. The van der Waals surface area contributed by atoms with Crippen LogP contribution in [0.3, 0.4) is 0 Å². The zero-order valence-corrected chi connectivity index (χ0v) is 10.3. The first-order valence-corrected chi connectivity index (χ1v) is 6.51. The third-order valence-corrected chi connectivity index (χ3v) is 3.91. The first-order chi connectivity index (χ1) is 7.28. The van der Waals surface area contributed by atoms with Gasteiger partial charge in [-0.1, -0.05) is 6.92 Å². The highest BCUT2D eigenvalue weighted by Gasteiger charge is 2.18. The SMILES string of the molecule is CCc1nc(CNC2CCN(C)C2)cs1. The van der Waals surface area contributed by atoms with Crippen LogP contribution in [0.4, 0.5) is 0 Å². The number of rotatable bonds is 4. The lowest BCUT2D eigenvalue weighted by atomic mass is 10.2. The van der Waals surface area contributed by atoms with Gasteiger partial charge in [0.2, 0.25) is 0 Å². The molecule has 0 saturated carbocycles. The van der Waals surface area contributed by atoms with Gasteiger partial charge in [-0.15, -0.1) is 11.3 Å².